The summed E-state index contributed by atoms with van der Waals surface area (Å²) in [6.45, 7) is 1.91. The predicted octanol–water partition coefficient (Wildman–Crippen LogP) is 3.89. The van der Waals surface area contributed by atoms with Gasteiger partial charge in [-0.2, -0.15) is 0 Å². The molecule has 0 fully saturated rings. The second-order valence-electron chi connectivity index (χ2n) is 8.77. The van der Waals surface area contributed by atoms with Crippen LogP contribution in [0.1, 0.15) is 28.0 Å². The van der Waals surface area contributed by atoms with Gasteiger partial charge in [-0.15, -0.1) is 0 Å². The first-order valence-electron chi connectivity index (χ1n) is 11.4. The Kier molecular flexibility index (Phi) is 8.99. The first-order chi connectivity index (χ1) is 16.7. The molecule has 3 aromatic carbocycles. The van der Waals surface area contributed by atoms with Crippen molar-refractivity contribution in [2.24, 2.45) is 11.7 Å². The summed E-state index contributed by atoms with van der Waals surface area (Å²) >= 11 is 0. The third-order valence-electron chi connectivity index (χ3n) is 5.93. The lowest BCUT2D eigenvalue weighted by Crippen LogP contribution is -2.46. The largest absolute Gasteiger partial charge is 0.480 e. The average molecular weight is 495 g/mol. The minimum Gasteiger partial charge on any atom is -0.480 e. The number of aryl methyl sites for hydroxylation is 1. The Bertz CT molecular complexity index is 1170. The third-order valence-corrected chi connectivity index (χ3v) is 8.06. The van der Waals surface area contributed by atoms with Crippen molar-refractivity contribution in [1.82, 2.24) is 5.32 Å². The lowest BCUT2D eigenvalue weighted by atomic mass is 9.99. The van der Waals surface area contributed by atoms with Gasteiger partial charge in [-0.1, -0.05) is 90.5 Å². The Hall–Kier alpha value is -3.25. The molecule has 3 rings (SSSR count). The maximum atomic E-state index is 13.3. The third kappa shape index (κ3) is 7.62. The van der Waals surface area contributed by atoms with Gasteiger partial charge in [0.15, 0.2) is 0 Å². The second-order valence-corrected chi connectivity index (χ2v) is 11.2. The van der Waals surface area contributed by atoms with E-state index in [0.717, 1.165) is 16.7 Å². The van der Waals surface area contributed by atoms with E-state index in [-0.39, 0.29) is 19.0 Å². The number of hydrogen-bond donors (Lipinski definition) is 4. The smallest absolute Gasteiger partial charge is 0.326 e. The summed E-state index contributed by atoms with van der Waals surface area (Å²) in [6.07, 6.45) is -0.102. The number of rotatable bonds is 11. The first kappa shape index (κ1) is 26.4. The van der Waals surface area contributed by atoms with E-state index in [9.17, 15) is 24.2 Å². The van der Waals surface area contributed by atoms with Gasteiger partial charge in [0.25, 0.3) is 0 Å². The number of nitrogens with two attached hydrogens (primary N) is 1. The Morgan fingerprint density at radius 2 is 1.40 bits per heavy atom. The number of amides is 1. The summed E-state index contributed by atoms with van der Waals surface area (Å²) in [5, 5.41) is 12.3. The molecule has 35 heavy (non-hydrogen) atoms. The number of hydrogen-bond acceptors (Lipinski definition) is 4. The van der Waals surface area contributed by atoms with E-state index in [1.807, 2.05) is 55.5 Å². The van der Waals surface area contributed by atoms with Gasteiger partial charge < -0.3 is 21.1 Å². The Morgan fingerprint density at radius 3 is 1.91 bits per heavy atom. The van der Waals surface area contributed by atoms with Gasteiger partial charge in [0.2, 0.25) is 13.3 Å². The van der Waals surface area contributed by atoms with Crippen molar-refractivity contribution in [2.75, 3.05) is 6.16 Å². The molecule has 5 N–H and O–H groups in total. The van der Waals surface area contributed by atoms with Crippen molar-refractivity contribution in [3.63, 3.8) is 0 Å². The van der Waals surface area contributed by atoms with Crippen LogP contribution in [0.4, 0.5) is 0 Å². The van der Waals surface area contributed by atoms with Crippen LogP contribution < -0.4 is 11.1 Å². The van der Waals surface area contributed by atoms with E-state index in [4.69, 9.17) is 5.73 Å². The standard InChI is InChI=1S/C27H31N2O5P/c1-19-12-14-22(15-13-19)25(28)35(33,34)18-23(16-20-8-4-2-5-9-20)26(30)29-24(27(31)32)17-21-10-6-3-7-11-21/h2-15,23-25H,16-18,28H2,1H3,(H,29,30)(H,31,32)(H,33,34)/t23-,24+,25-/m1/s1. The highest BCUT2D eigenvalue weighted by molar-refractivity contribution is 7.58. The summed E-state index contributed by atoms with van der Waals surface area (Å²) in [6, 6.07) is 23.9. The molecule has 0 spiro atoms. The average Bonchev–Trinajstić information content (AvgIpc) is 2.84. The molecule has 4 atom stereocenters. The van der Waals surface area contributed by atoms with Gasteiger partial charge in [0.1, 0.15) is 11.8 Å². The van der Waals surface area contributed by atoms with Gasteiger partial charge in [-0.25, -0.2) is 4.79 Å². The van der Waals surface area contributed by atoms with E-state index in [0.29, 0.717) is 5.56 Å². The molecule has 3 aromatic rings. The molecule has 184 valence electrons. The van der Waals surface area contributed by atoms with Gasteiger partial charge in [-0.05, 0) is 30.0 Å². The molecular formula is C27H31N2O5P. The molecule has 1 unspecified atom stereocenters. The fourth-order valence-corrected chi connectivity index (χ4v) is 5.70. The molecule has 8 heteroatoms. The van der Waals surface area contributed by atoms with Crippen LogP contribution in [0.15, 0.2) is 84.9 Å². The van der Waals surface area contributed by atoms with Gasteiger partial charge in [-0.3, -0.25) is 9.36 Å². The van der Waals surface area contributed by atoms with Crippen molar-refractivity contribution in [3.8, 4) is 0 Å². The molecule has 7 nitrogen and oxygen atoms in total. The van der Waals surface area contributed by atoms with E-state index in [1.165, 1.54) is 0 Å². The van der Waals surface area contributed by atoms with Crippen LogP contribution in [0.25, 0.3) is 0 Å². The summed E-state index contributed by atoms with van der Waals surface area (Å²) in [4.78, 5) is 36.1. The summed E-state index contributed by atoms with van der Waals surface area (Å²) in [5.41, 5.74) is 9.23. The van der Waals surface area contributed by atoms with Gasteiger partial charge in [0, 0.05) is 12.6 Å². The van der Waals surface area contributed by atoms with Crippen molar-refractivity contribution in [3.05, 3.63) is 107 Å². The predicted molar refractivity (Wildman–Crippen MR) is 136 cm³/mol. The Morgan fingerprint density at radius 1 is 0.886 bits per heavy atom. The zero-order chi connectivity index (χ0) is 25.4. The number of carbonyl (C=O) groups excluding carboxylic acids is 1. The highest BCUT2D eigenvalue weighted by Gasteiger charge is 2.36. The zero-order valence-corrected chi connectivity index (χ0v) is 20.5. The van der Waals surface area contributed by atoms with Crippen molar-refractivity contribution in [1.29, 1.82) is 0 Å². The van der Waals surface area contributed by atoms with Gasteiger partial charge in [0.05, 0.1) is 5.92 Å². The molecular weight excluding hydrogens is 463 g/mol. The topological polar surface area (TPSA) is 130 Å². The van der Waals surface area contributed by atoms with E-state index in [2.05, 4.69) is 5.32 Å². The summed E-state index contributed by atoms with van der Waals surface area (Å²) in [7, 11) is -4.03. The molecule has 0 aromatic heterocycles. The monoisotopic (exact) mass is 494 g/mol. The molecule has 0 radical (unpaired) electrons. The van der Waals surface area contributed by atoms with Crippen LogP contribution in [-0.2, 0) is 27.0 Å². The van der Waals surface area contributed by atoms with Crippen LogP contribution >= 0.6 is 7.37 Å². The molecule has 0 saturated carbocycles. The maximum absolute atomic E-state index is 13.3. The Balaban J connectivity index is 1.82. The minimum atomic E-state index is -4.03. The minimum absolute atomic E-state index is 0.0969. The number of carbonyl (C=O) groups is 2. The molecule has 0 aliphatic rings. The van der Waals surface area contributed by atoms with E-state index < -0.39 is 37.0 Å². The van der Waals surface area contributed by atoms with Crippen LogP contribution in [-0.4, -0.2) is 34.1 Å². The number of benzene rings is 3. The summed E-state index contributed by atoms with van der Waals surface area (Å²) in [5.74, 6) is -3.87. The summed E-state index contributed by atoms with van der Waals surface area (Å²) < 4.78 is 13.3. The van der Waals surface area contributed by atoms with Crippen LogP contribution in [0.2, 0.25) is 0 Å². The Labute approximate surface area is 205 Å². The quantitative estimate of drug-likeness (QED) is 0.299. The van der Waals surface area contributed by atoms with Crippen molar-refractivity contribution >= 4 is 19.2 Å². The van der Waals surface area contributed by atoms with E-state index >= 15 is 0 Å². The number of aliphatic carboxylic acids is 1. The molecule has 0 heterocycles. The molecule has 0 aliphatic heterocycles. The highest BCUT2D eigenvalue weighted by Crippen LogP contribution is 2.54. The molecule has 0 saturated heterocycles. The lowest BCUT2D eigenvalue weighted by molar-refractivity contribution is -0.142. The van der Waals surface area contributed by atoms with Crippen LogP contribution in [0.5, 0.6) is 0 Å². The fourth-order valence-electron chi connectivity index (χ4n) is 3.90. The van der Waals surface area contributed by atoms with E-state index in [1.54, 1.807) is 36.4 Å². The number of carboxylic acid groups (broad SMARTS) is 1. The SMILES string of the molecule is Cc1ccc([C@H](N)P(=O)(O)C[C@@H](Cc2ccccc2)C(=O)N[C@@H](Cc2ccccc2)C(=O)O)cc1. The molecule has 0 bridgehead atoms. The number of nitrogens with one attached hydrogen (secondary N) is 1. The van der Waals surface area contributed by atoms with Crippen LogP contribution in [0.3, 0.4) is 0 Å². The van der Waals surface area contributed by atoms with Gasteiger partial charge >= 0.3 is 5.97 Å². The zero-order valence-electron chi connectivity index (χ0n) is 19.6. The van der Waals surface area contributed by atoms with Crippen molar-refractivity contribution < 1.29 is 24.2 Å². The number of carboxylic acids is 1. The molecule has 1 amide bonds. The second kappa shape index (κ2) is 11.9. The fraction of sp³-hybridized carbons (Fsp3) is 0.259. The maximum Gasteiger partial charge on any atom is 0.326 e. The normalized spacial score (nSPS) is 15.4. The molecule has 0 aliphatic carbocycles. The lowest BCUT2D eigenvalue weighted by Gasteiger charge is -2.26. The first-order valence-corrected chi connectivity index (χ1v) is 13.3. The van der Waals surface area contributed by atoms with Crippen LogP contribution in [0, 0.1) is 12.8 Å². The highest BCUT2D eigenvalue weighted by atomic mass is 31.2. The van der Waals surface area contributed by atoms with Crippen molar-refractivity contribution in [2.45, 2.75) is 31.6 Å².